The number of carboxylic acid groups (broad SMARTS) is 1. The molecule has 0 aromatic carbocycles. The van der Waals surface area contributed by atoms with Crippen molar-refractivity contribution in [2.24, 2.45) is 11.8 Å². The first-order valence-electron chi connectivity index (χ1n) is 4.66. The van der Waals surface area contributed by atoms with Gasteiger partial charge in [-0.1, -0.05) is 13.3 Å². The molecule has 0 aromatic heterocycles. The summed E-state index contributed by atoms with van der Waals surface area (Å²) in [6.07, 6.45) is 2.28. The molecule has 12 heavy (non-hydrogen) atoms. The van der Waals surface area contributed by atoms with E-state index in [2.05, 4.69) is 12.2 Å². The predicted octanol–water partition coefficient (Wildman–Crippen LogP) is 1.10. The van der Waals surface area contributed by atoms with Crippen LogP contribution < -0.4 is 5.32 Å². The molecule has 1 aliphatic heterocycles. The van der Waals surface area contributed by atoms with Gasteiger partial charge in [0.05, 0.1) is 0 Å². The van der Waals surface area contributed by atoms with Crippen LogP contribution in [0.1, 0.15) is 26.2 Å². The van der Waals surface area contributed by atoms with Crippen LogP contribution in [0.5, 0.6) is 0 Å². The van der Waals surface area contributed by atoms with Gasteiger partial charge in [-0.3, -0.25) is 4.79 Å². The minimum atomic E-state index is -0.666. The molecule has 0 aromatic rings. The zero-order valence-corrected chi connectivity index (χ0v) is 7.55. The highest BCUT2D eigenvalue weighted by molar-refractivity contribution is 5.66. The largest absolute Gasteiger partial charge is 0.481 e. The van der Waals surface area contributed by atoms with Crippen molar-refractivity contribution in [3.05, 3.63) is 0 Å². The molecule has 3 heteroatoms. The zero-order chi connectivity index (χ0) is 8.97. The van der Waals surface area contributed by atoms with Crippen LogP contribution in [-0.2, 0) is 4.79 Å². The molecule has 70 valence electrons. The molecule has 0 saturated carbocycles. The number of carbonyl (C=O) groups is 1. The average Bonchev–Trinajstić information content (AvgIpc) is 1.93. The number of rotatable bonds is 5. The van der Waals surface area contributed by atoms with E-state index in [-0.39, 0.29) is 0 Å². The van der Waals surface area contributed by atoms with Crippen molar-refractivity contribution in [2.45, 2.75) is 26.2 Å². The Bertz CT molecular complexity index is 155. The topological polar surface area (TPSA) is 49.3 Å². The van der Waals surface area contributed by atoms with Gasteiger partial charge >= 0.3 is 5.97 Å². The van der Waals surface area contributed by atoms with Crippen LogP contribution in [0.2, 0.25) is 0 Å². The highest BCUT2D eigenvalue weighted by Crippen LogP contribution is 2.24. The lowest BCUT2D eigenvalue weighted by atomic mass is 9.82. The summed E-state index contributed by atoms with van der Waals surface area (Å²) in [7, 11) is 0. The molecule has 3 nitrogen and oxygen atoms in total. The maximum absolute atomic E-state index is 10.3. The molecular formula is C9H17NO2. The van der Waals surface area contributed by atoms with Crippen molar-refractivity contribution in [3.8, 4) is 0 Å². The molecule has 1 aliphatic rings. The highest BCUT2D eigenvalue weighted by atomic mass is 16.4. The summed E-state index contributed by atoms with van der Waals surface area (Å²) >= 11 is 0. The number of aliphatic carboxylic acids is 1. The third-order valence-corrected chi connectivity index (χ3v) is 2.73. The molecule has 1 saturated heterocycles. The fraction of sp³-hybridized carbons (Fsp3) is 0.889. The molecule has 1 unspecified atom stereocenters. The Balaban J connectivity index is 2.20. The molecule has 0 aliphatic carbocycles. The van der Waals surface area contributed by atoms with Gasteiger partial charge in [-0.25, -0.2) is 0 Å². The monoisotopic (exact) mass is 171 g/mol. The van der Waals surface area contributed by atoms with E-state index < -0.39 is 5.97 Å². The van der Waals surface area contributed by atoms with Gasteiger partial charge in [0.25, 0.3) is 0 Å². The molecule has 1 atom stereocenters. The van der Waals surface area contributed by atoms with Crippen LogP contribution in [0.3, 0.4) is 0 Å². The van der Waals surface area contributed by atoms with E-state index in [1.54, 1.807) is 0 Å². The summed E-state index contributed by atoms with van der Waals surface area (Å²) in [5.41, 5.74) is 0. The molecular weight excluding hydrogens is 154 g/mol. The lowest BCUT2D eigenvalue weighted by molar-refractivity contribution is -0.137. The second-order valence-electron chi connectivity index (χ2n) is 3.52. The third-order valence-electron chi connectivity index (χ3n) is 2.73. The summed E-state index contributed by atoms with van der Waals surface area (Å²) in [6, 6.07) is 0. The molecule has 0 amide bonds. The number of hydrogen-bond donors (Lipinski definition) is 2. The second-order valence-corrected chi connectivity index (χ2v) is 3.52. The Morgan fingerprint density at radius 1 is 1.67 bits per heavy atom. The van der Waals surface area contributed by atoms with E-state index in [9.17, 15) is 4.79 Å². The minimum Gasteiger partial charge on any atom is -0.481 e. The fourth-order valence-corrected chi connectivity index (χ4v) is 1.73. The quantitative estimate of drug-likeness (QED) is 0.651. The van der Waals surface area contributed by atoms with E-state index in [1.807, 2.05) is 0 Å². The summed E-state index contributed by atoms with van der Waals surface area (Å²) < 4.78 is 0. The maximum Gasteiger partial charge on any atom is 0.303 e. The first-order chi connectivity index (χ1) is 5.74. The van der Waals surface area contributed by atoms with Gasteiger partial charge in [-0.15, -0.1) is 0 Å². The van der Waals surface area contributed by atoms with E-state index >= 15 is 0 Å². The molecule has 2 N–H and O–H groups in total. The first-order valence-corrected chi connectivity index (χ1v) is 4.66. The Morgan fingerprint density at radius 2 is 2.33 bits per heavy atom. The Kier molecular flexibility index (Phi) is 3.53. The first kappa shape index (κ1) is 9.52. The van der Waals surface area contributed by atoms with Crippen LogP contribution in [0.25, 0.3) is 0 Å². The fourth-order valence-electron chi connectivity index (χ4n) is 1.73. The van der Waals surface area contributed by atoms with E-state index in [0.29, 0.717) is 12.3 Å². The normalized spacial score (nSPS) is 20.1. The maximum atomic E-state index is 10.3. The van der Waals surface area contributed by atoms with Crippen LogP contribution in [-0.4, -0.2) is 24.2 Å². The van der Waals surface area contributed by atoms with E-state index in [0.717, 1.165) is 31.8 Å². The molecule has 1 fully saturated rings. The summed E-state index contributed by atoms with van der Waals surface area (Å²) in [5.74, 6) is 0.678. The summed E-state index contributed by atoms with van der Waals surface area (Å²) in [5, 5.41) is 11.7. The van der Waals surface area contributed by atoms with Crippen LogP contribution >= 0.6 is 0 Å². The van der Waals surface area contributed by atoms with Crippen molar-refractivity contribution in [2.75, 3.05) is 13.1 Å². The van der Waals surface area contributed by atoms with Crippen LogP contribution in [0, 0.1) is 11.8 Å². The standard InChI is InChI=1S/C9H17NO2/c1-2-7(3-4-9(11)12)8-5-10-6-8/h7-8,10H,2-6H2,1H3,(H,11,12). The lowest BCUT2D eigenvalue weighted by Crippen LogP contribution is -2.46. The Morgan fingerprint density at radius 3 is 2.67 bits per heavy atom. The third kappa shape index (κ3) is 2.48. The van der Waals surface area contributed by atoms with Crippen molar-refractivity contribution in [3.63, 3.8) is 0 Å². The van der Waals surface area contributed by atoms with Gasteiger partial charge in [0.1, 0.15) is 0 Å². The summed E-state index contributed by atoms with van der Waals surface area (Å²) in [4.78, 5) is 10.3. The van der Waals surface area contributed by atoms with Gasteiger partial charge in [0.2, 0.25) is 0 Å². The van der Waals surface area contributed by atoms with Crippen molar-refractivity contribution in [1.82, 2.24) is 5.32 Å². The van der Waals surface area contributed by atoms with Crippen molar-refractivity contribution in [1.29, 1.82) is 0 Å². The van der Waals surface area contributed by atoms with Gasteiger partial charge in [0.15, 0.2) is 0 Å². The number of carboxylic acids is 1. The van der Waals surface area contributed by atoms with Gasteiger partial charge in [-0.2, -0.15) is 0 Å². The Labute approximate surface area is 73.2 Å². The summed E-state index contributed by atoms with van der Waals surface area (Å²) in [6.45, 7) is 4.31. The zero-order valence-electron chi connectivity index (χ0n) is 7.55. The van der Waals surface area contributed by atoms with Crippen molar-refractivity contribution < 1.29 is 9.90 Å². The lowest BCUT2D eigenvalue weighted by Gasteiger charge is -2.34. The van der Waals surface area contributed by atoms with Gasteiger partial charge in [-0.05, 0) is 31.3 Å². The smallest absolute Gasteiger partial charge is 0.303 e. The number of hydrogen-bond acceptors (Lipinski definition) is 2. The molecule has 0 radical (unpaired) electrons. The van der Waals surface area contributed by atoms with E-state index in [4.69, 9.17) is 5.11 Å². The molecule has 0 bridgehead atoms. The minimum absolute atomic E-state index is 0.328. The highest BCUT2D eigenvalue weighted by Gasteiger charge is 2.25. The number of nitrogens with one attached hydrogen (secondary N) is 1. The van der Waals surface area contributed by atoms with Crippen LogP contribution in [0.4, 0.5) is 0 Å². The van der Waals surface area contributed by atoms with E-state index in [1.165, 1.54) is 0 Å². The molecule has 0 spiro atoms. The van der Waals surface area contributed by atoms with Gasteiger partial charge < -0.3 is 10.4 Å². The average molecular weight is 171 g/mol. The molecule has 1 heterocycles. The van der Waals surface area contributed by atoms with Crippen molar-refractivity contribution >= 4 is 5.97 Å². The second kappa shape index (κ2) is 4.45. The molecule has 1 rings (SSSR count). The predicted molar refractivity (Wildman–Crippen MR) is 47.0 cm³/mol. The van der Waals surface area contributed by atoms with Crippen LogP contribution in [0.15, 0.2) is 0 Å². The SMILES string of the molecule is CCC(CCC(=O)O)C1CNC1. The Hall–Kier alpha value is -0.570. The van der Waals surface area contributed by atoms with Gasteiger partial charge in [0, 0.05) is 6.42 Å².